The summed E-state index contributed by atoms with van der Waals surface area (Å²) in [4.78, 5) is 21.0. The van der Waals surface area contributed by atoms with Crippen LogP contribution in [-0.4, -0.2) is 32.6 Å². The molecule has 24 heavy (non-hydrogen) atoms. The van der Waals surface area contributed by atoms with E-state index in [1.165, 1.54) is 5.56 Å². The van der Waals surface area contributed by atoms with Gasteiger partial charge in [0, 0.05) is 43.3 Å². The molecular weight excluding hydrogens is 328 g/mol. The fourth-order valence-electron chi connectivity index (χ4n) is 2.72. The molecule has 4 rings (SSSR count). The van der Waals surface area contributed by atoms with E-state index in [4.69, 9.17) is 0 Å². The average molecular weight is 345 g/mol. The molecule has 1 amide bonds. The van der Waals surface area contributed by atoms with E-state index in [0.29, 0.717) is 17.9 Å². The lowest BCUT2D eigenvalue weighted by Gasteiger charge is -2.16. The summed E-state index contributed by atoms with van der Waals surface area (Å²) in [6.45, 7) is 2.24. The summed E-state index contributed by atoms with van der Waals surface area (Å²) in [7, 11) is 0. The monoisotopic (exact) mass is 344 g/mol. The van der Waals surface area contributed by atoms with Gasteiger partial charge in [-0.1, -0.05) is 0 Å². The normalized spacial score (nSPS) is 13.2. The molecule has 0 aliphatic carbocycles. The van der Waals surface area contributed by atoms with Crippen molar-refractivity contribution in [3.05, 3.63) is 53.1 Å². The van der Waals surface area contributed by atoms with Gasteiger partial charge in [-0.2, -0.15) is 5.10 Å². The number of fused-ring (bicyclic) bond motifs is 2. The highest BCUT2D eigenvalue weighted by Crippen LogP contribution is 2.13. The topological polar surface area (TPSA) is 95.6 Å². The molecule has 4 heterocycles. The van der Waals surface area contributed by atoms with Gasteiger partial charge in [0.25, 0.3) is 5.91 Å². The quantitative estimate of drug-likeness (QED) is 0.666. The number of rotatable bonds is 3. The van der Waals surface area contributed by atoms with Crippen molar-refractivity contribution in [2.24, 2.45) is 0 Å². The number of amides is 1. The first-order valence-corrected chi connectivity index (χ1v) is 7.55. The van der Waals surface area contributed by atoms with Crippen LogP contribution in [0.15, 0.2) is 30.6 Å². The van der Waals surface area contributed by atoms with Crippen molar-refractivity contribution in [1.29, 1.82) is 0 Å². The van der Waals surface area contributed by atoms with Gasteiger partial charge in [0.2, 0.25) is 0 Å². The molecule has 3 aromatic heterocycles. The minimum atomic E-state index is -0.211. The van der Waals surface area contributed by atoms with Crippen molar-refractivity contribution in [2.75, 3.05) is 6.54 Å². The summed E-state index contributed by atoms with van der Waals surface area (Å²) >= 11 is 0. The lowest BCUT2D eigenvalue weighted by Crippen LogP contribution is -2.26. The SMILES string of the molecule is Cl.O=C(NCc1cnc2c(c1)CNCC2)c1ccc2cn[nH]c2n1. The molecular formula is C16H17ClN6O. The molecule has 0 aromatic carbocycles. The van der Waals surface area contributed by atoms with Crippen LogP contribution < -0.4 is 10.6 Å². The highest BCUT2D eigenvalue weighted by molar-refractivity contribution is 5.94. The maximum atomic E-state index is 12.2. The number of aromatic nitrogens is 4. The fraction of sp³-hybridized carbons (Fsp3) is 0.250. The molecule has 0 unspecified atom stereocenters. The Morgan fingerprint density at radius 2 is 2.21 bits per heavy atom. The van der Waals surface area contributed by atoms with Gasteiger partial charge in [-0.15, -0.1) is 12.4 Å². The second-order valence-corrected chi connectivity index (χ2v) is 5.56. The Kier molecular flexibility index (Phi) is 4.73. The Hall–Kier alpha value is -2.51. The molecule has 1 aliphatic heterocycles. The van der Waals surface area contributed by atoms with Crippen LogP contribution in [0.1, 0.15) is 27.3 Å². The van der Waals surface area contributed by atoms with Crippen LogP contribution in [0.5, 0.6) is 0 Å². The van der Waals surface area contributed by atoms with E-state index in [1.807, 2.05) is 12.3 Å². The first kappa shape index (κ1) is 16.4. The summed E-state index contributed by atoms with van der Waals surface area (Å²) in [5, 5.41) is 13.8. The maximum absolute atomic E-state index is 12.2. The molecule has 1 aliphatic rings. The molecule has 0 radical (unpaired) electrons. The molecule has 3 aromatic rings. The third-order valence-corrected chi connectivity index (χ3v) is 3.96. The zero-order valence-corrected chi connectivity index (χ0v) is 13.7. The maximum Gasteiger partial charge on any atom is 0.270 e. The minimum absolute atomic E-state index is 0. The highest BCUT2D eigenvalue weighted by atomic mass is 35.5. The standard InChI is InChI=1S/C16H16N6O.ClH/c23-16(14-2-1-11-9-20-22-15(11)21-14)19-7-10-5-12-8-17-4-3-13(12)18-6-10;/h1-2,5-6,9,17H,3-4,7-8H2,(H,19,23)(H,20,21,22);1H. The number of nitrogens with zero attached hydrogens (tertiary/aromatic N) is 3. The van der Waals surface area contributed by atoms with Crippen LogP contribution in [-0.2, 0) is 19.5 Å². The number of nitrogens with one attached hydrogen (secondary N) is 3. The number of aromatic amines is 1. The van der Waals surface area contributed by atoms with Crippen LogP contribution in [0.4, 0.5) is 0 Å². The van der Waals surface area contributed by atoms with E-state index in [9.17, 15) is 4.79 Å². The van der Waals surface area contributed by atoms with Crippen molar-refractivity contribution >= 4 is 29.3 Å². The van der Waals surface area contributed by atoms with Crippen LogP contribution in [0, 0.1) is 0 Å². The summed E-state index contributed by atoms with van der Waals surface area (Å²) in [6.07, 6.45) is 4.46. The highest BCUT2D eigenvalue weighted by Gasteiger charge is 2.12. The molecule has 8 heteroatoms. The molecule has 0 saturated carbocycles. The van der Waals surface area contributed by atoms with E-state index in [0.717, 1.165) is 36.2 Å². The van der Waals surface area contributed by atoms with Crippen LogP contribution >= 0.6 is 12.4 Å². The average Bonchev–Trinajstić information content (AvgIpc) is 3.07. The predicted octanol–water partition coefficient (Wildman–Crippen LogP) is 1.35. The number of hydrogen-bond acceptors (Lipinski definition) is 5. The minimum Gasteiger partial charge on any atom is -0.347 e. The third kappa shape index (κ3) is 3.22. The Labute approximate surface area is 144 Å². The Bertz CT molecular complexity index is 878. The summed E-state index contributed by atoms with van der Waals surface area (Å²) in [6, 6.07) is 5.62. The van der Waals surface area contributed by atoms with Gasteiger partial charge < -0.3 is 10.6 Å². The van der Waals surface area contributed by atoms with Gasteiger partial charge in [0.1, 0.15) is 5.69 Å². The van der Waals surface area contributed by atoms with Crippen molar-refractivity contribution in [3.63, 3.8) is 0 Å². The molecule has 0 fully saturated rings. The fourth-order valence-corrected chi connectivity index (χ4v) is 2.72. The number of carbonyl (C=O) groups is 1. The largest absolute Gasteiger partial charge is 0.347 e. The number of halogens is 1. The Morgan fingerprint density at radius 3 is 3.12 bits per heavy atom. The molecule has 124 valence electrons. The van der Waals surface area contributed by atoms with Crippen molar-refractivity contribution in [2.45, 2.75) is 19.5 Å². The predicted molar refractivity (Wildman–Crippen MR) is 92.0 cm³/mol. The smallest absolute Gasteiger partial charge is 0.270 e. The van der Waals surface area contributed by atoms with E-state index >= 15 is 0 Å². The first-order chi connectivity index (χ1) is 11.3. The lowest BCUT2D eigenvalue weighted by atomic mass is 10.1. The van der Waals surface area contributed by atoms with Crippen LogP contribution in [0.25, 0.3) is 11.0 Å². The number of hydrogen-bond donors (Lipinski definition) is 3. The zero-order valence-electron chi connectivity index (χ0n) is 12.9. The van der Waals surface area contributed by atoms with E-state index in [2.05, 4.69) is 36.9 Å². The Morgan fingerprint density at radius 1 is 1.29 bits per heavy atom. The number of carbonyl (C=O) groups excluding carboxylic acids is 1. The van der Waals surface area contributed by atoms with Gasteiger partial charge in [-0.25, -0.2) is 4.98 Å². The third-order valence-electron chi connectivity index (χ3n) is 3.96. The number of H-pyrrole nitrogens is 1. The lowest BCUT2D eigenvalue weighted by molar-refractivity contribution is 0.0946. The Balaban J connectivity index is 0.00000169. The zero-order chi connectivity index (χ0) is 15.6. The summed E-state index contributed by atoms with van der Waals surface area (Å²) in [5.41, 5.74) is 4.32. The van der Waals surface area contributed by atoms with Gasteiger partial charge >= 0.3 is 0 Å². The second-order valence-electron chi connectivity index (χ2n) is 5.56. The van der Waals surface area contributed by atoms with Gasteiger partial charge in [-0.05, 0) is 29.3 Å². The molecule has 0 saturated heterocycles. The van der Waals surface area contributed by atoms with E-state index < -0.39 is 0 Å². The number of pyridine rings is 2. The van der Waals surface area contributed by atoms with Crippen molar-refractivity contribution in [3.8, 4) is 0 Å². The van der Waals surface area contributed by atoms with Crippen molar-refractivity contribution < 1.29 is 4.79 Å². The van der Waals surface area contributed by atoms with Gasteiger partial charge in [0.15, 0.2) is 5.65 Å². The molecule has 0 bridgehead atoms. The molecule has 0 spiro atoms. The van der Waals surface area contributed by atoms with Gasteiger partial charge in [-0.3, -0.25) is 14.9 Å². The van der Waals surface area contributed by atoms with E-state index in [-0.39, 0.29) is 18.3 Å². The first-order valence-electron chi connectivity index (χ1n) is 7.55. The second kappa shape index (κ2) is 6.94. The molecule has 3 N–H and O–H groups in total. The molecule has 0 atom stereocenters. The molecule has 7 nitrogen and oxygen atoms in total. The van der Waals surface area contributed by atoms with Crippen LogP contribution in [0.3, 0.4) is 0 Å². The van der Waals surface area contributed by atoms with Crippen LogP contribution in [0.2, 0.25) is 0 Å². The van der Waals surface area contributed by atoms with Crippen molar-refractivity contribution in [1.82, 2.24) is 30.8 Å². The van der Waals surface area contributed by atoms with E-state index in [1.54, 1.807) is 12.3 Å². The van der Waals surface area contributed by atoms with Gasteiger partial charge in [0.05, 0.1) is 6.20 Å². The summed E-state index contributed by atoms with van der Waals surface area (Å²) < 4.78 is 0. The summed E-state index contributed by atoms with van der Waals surface area (Å²) in [5.74, 6) is -0.211.